The average molecular weight is 507 g/mol. The number of hydrogen-bond acceptors (Lipinski definition) is 8. The van der Waals surface area contributed by atoms with Gasteiger partial charge in [0.25, 0.3) is 15.8 Å². The highest BCUT2D eigenvalue weighted by molar-refractivity contribution is 7.87. The van der Waals surface area contributed by atoms with Gasteiger partial charge in [-0.25, -0.2) is 4.98 Å². The summed E-state index contributed by atoms with van der Waals surface area (Å²) in [6.45, 7) is 3.55. The Kier molecular flexibility index (Phi) is 7.09. The van der Waals surface area contributed by atoms with Crippen molar-refractivity contribution in [3.05, 3.63) is 28.2 Å². The van der Waals surface area contributed by atoms with E-state index in [1.54, 1.807) is 23.8 Å². The van der Waals surface area contributed by atoms with Gasteiger partial charge < -0.3 is 15.2 Å². The highest BCUT2D eigenvalue weighted by Gasteiger charge is 2.31. The quantitative estimate of drug-likeness (QED) is 0.507. The van der Waals surface area contributed by atoms with Crippen molar-refractivity contribution >= 4 is 27.2 Å². The van der Waals surface area contributed by atoms with Crippen molar-refractivity contribution in [1.29, 1.82) is 0 Å². The molecule has 4 heterocycles. The van der Waals surface area contributed by atoms with Crippen molar-refractivity contribution < 1.29 is 18.3 Å². The number of hydrogen-bond donors (Lipinski definition) is 3. The summed E-state index contributed by atoms with van der Waals surface area (Å²) in [6, 6.07) is 1.51. The van der Waals surface area contributed by atoms with Crippen LogP contribution in [-0.4, -0.2) is 76.9 Å². The number of fused-ring (bicyclic) bond motifs is 1. The van der Waals surface area contributed by atoms with E-state index in [-0.39, 0.29) is 23.7 Å². The fourth-order valence-corrected chi connectivity index (χ4v) is 6.65. The molecular weight excluding hydrogens is 472 g/mol. The van der Waals surface area contributed by atoms with Crippen molar-refractivity contribution in [3.8, 4) is 0 Å². The van der Waals surface area contributed by atoms with Gasteiger partial charge in [-0.3, -0.25) is 9.36 Å². The second kappa shape index (κ2) is 10.1. The number of aromatic nitrogens is 3. The predicted molar refractivity (Wildman–Crippen MR) is 132 cm³/mol. The number of aliphatic hydroxyl groups excluding tert-OH is 1. The summed E-state index contributed by atoms with van der Waals surface area (Å²) in [5.41, 5.74) is 0.979. The van der Waals surface area contributed by atoms with E-state index < -0.39 is 16.3 Å². The van der Waals surface area contributed by atoms with Crippen molar-refractivity contribution in [3.63, 3.8) is 0 Å². The van der Waals surface area contributed by atoms with Crippen molar-refractivity contribution in [2.45, 2.75) is 76.2 Å². The first kappa shape index (κ1) is 24.6. The molecule has 2 saturated heterocycles. The van der Waals surface area contributed by atoms with E-state index in [1.165, 1.54) is 4.31 Å². The Labute approximate surface area is 205 Å². The third-order valence-electron chi connectivity index (χ3n) is 7.37. The van der Waals surface area contributed by atoms with E-state index >= 15 is 0 Å². The number of piperidine rings is 1. The topological polar surface area (TPSA) is 139 Å². The zero-order valence-electron chi connectivity index (χ0n) is 20.0. The lowest BCUT2D eigenvalue weighted by Crippen LogP contribution is -2.48. The zero-order valence-corrected chi connectivity index (χ0v) is 20.8. The molecule has 35 heavy (non-hydrogen) atoms. The third-order valence-corrected chi connectivity index (χ3v) is 8.95. The molecule has 0 amide bonds. The average Bonchev–Trinajstić information content (AvgIpc) is 3.51. The molecule has 3 aliphatic rings. The second-order valence-corrected chi connectivity index (χ2v) is 11.6. The van der Waals surface area contributed by atoms with Crippen LogP contribution in [0.25, 0.3) is 11.0 Å². The molecule has 0 aromatic carbocycles. The molecule has 2 aliphatic heterocycles. The standard InChI is InChI=1S/C23H34N6O5S/c1-15-12-16-13-24-23(27-21(16)29(22(15)31)19-5-2-6-20(19)30)26-17-7-9-28(10-8-17)35(32,33)25-14-18-4-3-11-34-18/h12-13,17-20,25,30H,2-11,14H2,1H3,(H,24,26,27)/t18-,19+,20+/m1/s1. The highest BCUT2D eigenvalue weighted by atomic mass is 32.2. The minimum atomic E-state index is -3.54. The molecule has 1 aliphatic carbocycles. The van der Waals surface area contributed by atoms with Crippen LogP contribution in [0.3, 0.4) is 0 Å². The first-order chi connectivity index (χ1) is 16.8. The summed E-state index contributed by atoms with van der Waals surface area (Å²) in [4.78, 5) is 22.1. The van der Waals surface area contributed by atoms with Crippen molar-refractivity contribution in [1.82, 2.24) is 23.6 Å². The summed E-state index contributed by atoms with van der Waals surface area (Å²) < 4.78 is 36.6. The van der Waals surface area contributed by atoms with Crippen LogP contribution in [0.5, 0.6) is 0 Å². The van der Waals surface area contributed by atoms with Crippen LogP contribution < -0.4 is 15.6 Å². The molecule has 1 saturated carbocycles. The molecule has 192 valence electrons. The van der Waals surface area contributed by atoms with E-state index in [0.717, 1.165) is 31.1 Å². The maximum atomic E-state index is 13.0. The third kappa shape index (κ3) is 5.21. The molecule has 12 heteroatoms. The van der Waals surface area contributed by atoms with Crippen LogP contribution in [-0.2, 0) is 14.9 Å². The Morgan fingerprint density at radius 2 is 1.97 bits per heavy atom. The number of anilines is 1. The molecule has 2 aromatic rings. The molecule has 0 unspecified atom stereocenters. The normalized spacial score (nSPS) is 26.5. The fraction of sp³-hybridized carbons (Fsp3) is 0.696. The van der Waals surface area contributed by atoms with Gasteiger partial charge in [0.05, 0.1) is 18.2 Å². The molecule has 2 aromatic heterocycles. The summed E-state index contributed by atoms with van der Waals surface area (Å²) in [5, 5.41) is 14.5. The Morgan fingerprint density at radius 1 is 1.17 bits per heavy atom. The van der Waals surface area contributed by atoms with E-state index in [4.69, 9.17) is 4.74 Å². The molecule has 3 fully saturated rings. The van der Waals surface area contributed by atoms with Gasteiger partial charge in [-0.15, -0.1) is 0 Å². The molecule has 0 bridgehead atoms. The summed E-state index contributed by atoms with van der Waals surface area (Å²) in [6.07, 6.45) is 6.45. The van der Waals surface area contributed by atoms with Crippen LogP contribution in [0, 0.1) is 6.92 Å². The van der Waals surface area contributed by atoms with Crippen LogP contribution in [0.4, 0.5) is 5.95 Å². The maximum Gasteiger partial charge on any atom is 0.279 e. The van der Waals surface area contributed by atoms with E-state index in [9.17, 15) is 18.3 Å². The second-order valence-electron chi connectivity index (χ2n) is 9.85. The number of rotatable bonds is 7. The lowest BCUT2D eigenvalue weighted by atomic mass is 10.1. The van der Waals surface area contributed by atoms with Crippen molar-refractivity contribution in [2.75, 3.05) is 31.6 Å². The van der Waals surface area contributed by atoms with Crippen LogP contribution in [0.15, 0.2) is 17.1 Å². The number of pyridine rings is 1. The number of nitrogens with zero attached hydrogens (tertiary/aromatic N) is 4. The monoisotopic (exact) mass is 506 g/mol. The largest absolute Gasteiger partial charge is 0.391 e. The van der Waals surface area contributed by atoms with Crippen LogP contribution in [0.1, 0.15) is 56.6 Å². The van der Waals surface area contributed by atoms with E-state index in [1.807, 2.05) is 0 Å². The van der Waals surface area contributed by atoms with Gasteiger partial charge in [0, 0.05) is 49.4 Å². The van der Waals surface area contributed by atoms with E-state index in [2.05, 4.69) is 20.0 Å². The Morgan fingerprint density at radius 3 is 2.66 bits per heavy atom. The SMILES string of the molecule is Cc1cc2cnc(NC3CCN(S(=O)(=O)NC[C@H]4CCCO4)CC3)nc2n([C@H]2CCC[C@@H]2O)c1=O. The fourth-order valence-electron chi connectivity index (χ4n) is 5.38. The highest BCUT2D eigenvalue weighted by Crippen LogP contribution is 2.31. The number of nitrogens with one attached hydrogen (secondary N) is 2. The van der Waals surface area contributed by atoms with Crippen LogP contribution in [0.2, 0.25) is 0 Å². The Hall–Kier alpha value is -2.12. The smallest absolute Gasteiger partial charge is 0.279 e. The lowest BCUT2D eigenvalue weighted by molar-refractivity contribution is 0.114. The van der Waals surface area contributed by atoms with E-state index in [0.29, 0.717) is 62.7 Å². The molecule has 5 rings (SSSR count). The first-order valence-corrected chi connectivity index (χ1v) is 14.0. The van der Waals surface area contributed by atoms with Gasteiger partial charge >= 0.3 is 0 Å². The number of ether oxygens (including phenoxy) is 1. The van der Waals surface area contributed by atoms with Gasteiger partial charge in [0.15, 0.2) is 0 Å². The van der Waals surface area contributed by atoms with Crippen LogP contribution >= 0.6 is 0 Å². The summed E-state index contributed by atoms with van der Waals surface area (Å²) >= 11 is 0. The lowest BCUT2D eigenvalue weighted by Gasteiger charge is -2.31. The predicted octanol–water partition coefficient (Wildman–Crippen LogP) is 1.08. The minimum Gasteiger partial charge on any atom is -0.391 e. The molecule has 0 spiro atoms. The number of aliphatic hydroxyl groups is 1. The maximum absolute atomic E-state index is 13.0. The van der Waals surface area contributed by atoms with Crippen molar-refractivity contribution in [2.24, 2.45) is 0 Å². The van der Waals surface area contributed by atoms with Gasteiger partial charge in [-0.2, -0.15) is 22.4 Å². The molecule has 11 nitrogen and oxygen atoms in total. The van der Waals surface area contributed by atoms with Gasteiger partial charge in [0.2, 0.25) is 5.95 Å². The number of aryl methyl sites for hydroxylation is 1. The molecule has 3 N–H and O–H groups in total. The molecule has 3 atom stereocenters. The Bertz CT molecular complexity index is 1220. The molecular formula is C23H34N6O5S. The Balaban J connectivity index is 1.26. The van der Waals surface area contributed by atoms with Gasteiger partial charge in [0.1, 0.15) is 5.65 Å². The van der Waals surface area contributed by atoms with Gasteiger partial charge in [-0.1, -0.05) is 0 Å². The summed E-state index contributed by atoms with van der Waals surface area (Å²) in [5.74, 6) is 0.403. The minimum absolute atomic E-state index is 0.0137. The summed E-state index contributed by atoms with van der Waals surface area (Å²) in [7, 11) is -3.54. The van der Waals surface area contributed by atoms with Gasteiger partial charge in [-0.05, 0) is 57.9 Å². The first-order valence-electron chi connectivity index (χ1n) is 12.5. The molecule has 0 radical (unpaired) electrons. The zero-order chi connectivity index (χ0) is 24.6.